The van der Waals surface area contributed by atoms with Gasteiger partial charge in [-0.15, -0.1) is 0 Å². The summed E-state index contributed by atoms with van der Waals surface area (Å²) in [6, 6.07) is 0. The Hall–Kier alpha value is -1.06. The lowest BCUT2D eigenvalue weighted by molar-refractivity contribution is -0.587. The van der Waals surface area contributed by atoms with Crippen LogP contribution in [0, 0.1) is 23.0 Å². The fourth-order valence-electron chi connectivity index (χ4n) is 4.33. The first-order chi connectivity index (χ1) is 9.86. The molecule has 1 saturated carbocycles. The molecule has 2 rings (SSSR count). The molecule has 0 N–H and O–H groups in total. The lowest BCUT2D eigenvalue weighted by Gasteiger charge is -2.46. The number of carbonyl (C=O) groups is 1. The normalized spacial score (nSPS) is 33.6. The standard InChI is InChI=1S/C17H30N2O2/c1-6-7-8-15-16(20)18(5)17(19(15)21)11-13(4)9-10-14(17)12(2)3/h12-14H,6-11H2,1-5H3. The van der Waals surface area contributed by atoms with Gasteiger partial charge in [0, 0.05) is 25.8 Å². The van der Waals surface area contributed by atoms with Crippen LogP contribution in [0.1, 0.15) is 66.2 Å². The van der Waals surface area contributed by atoms with Crippen molar-refractivity contribution in [2.45, 2.75) is 71.9 Å². The zero-order chi connectivity index (χ0) is 15.8. The molecule has 0 saturated heterocycles. The third-order valence-electron chi connectivity index (χ3n) is 5.51. The van der Waals surface area contributed by atoms with Crippen LogP contribution in [0.15, 0.2) is 0 Å². The molecule has 4 nitrogen and oxygen atoms in total. The SMILES string of the molecule is CCCCC1=[N+]([O-])C2(CC(C)CCC2C(C)C)N(C)C1=O. The van der Waals surface area contributed by atoms with Crippen LogP contribution in [0.3, 0.4) is 0 Å². The van der Waals surface area contributed by atoms with Gasteiger partial charge in [-0.3, -0.25) is 9.69 Å². The molecule has 2 aliphatic rings. The summed E-state index contributed by atoms with van der Waals surface area (Å²) in [5.74, 6) is 1.13. The lowest BCUT2D eigenvalue weighted by Crippen LogP contribution is -2.59. The van der Waals surface area contributed by atoms with Crippen molar-refractivity contribution in [1.82, 2.24) is 4.90 Å². The number of hydrogen-bond donors (Lipinski definition) is 0. The highest BCUT2D eigenvalue weighted by Crippen LogP contribution is 2.47. The highest BCUT2D eigenvalue weighted by atomic mass is 16.5. The Kier molecular flexibility index (Phi) is 4.64. The minimum atomic E-state index is -0.633. The minimum absolute atomic E-state index is 0.0433. The topological polar surface area (TPSA) is 46.4 Å². The van der Waals surface area contributed by atoms with E-state index in [0.29, 0.717) is 24.0 Å². The molecule has 1 spiro atoms. The van der Waals surface area contributed by atoms with Crippen LogP contribution in [0.4, 0.5) is 0 Å². The van der Waals surface area contributed by atoms with Gasteiger partial charge in [-0.25, -0.2) is 0 Å². The molecule has 1 heterocycles. The van der Waals surface area contributed by atoms with Crippen molar-refractivity contribution in [1.29, 1.82) is 0 Å². The molecule has 0 radical (unpaired) electrons. The van der Waals surface area contributed by atoms with Crippen LogP contribution >= 0.6 is 0 Å². The summed E-state index contributed by atoms with van der Waals surface area (Å²) < 4.78 is 1.12. The van der Waals surface area contributed by atoms with Gasteiger partial charge in [0.05, 0.1) is 0 Å². The molecular weight excluding hydrogens is 264 g/mol. The van der Waals surface area contributed by atoms with E-state index in [0.717, 1.165) is 36.8 Å². The van der Waals surface area contributed by atoms with Crippen LogP contribution in [0.2, 0.25) is 0 Å². The second-order valence-electron chi connectivity index (χ2n) is 7.32. The van der Waals surface area contributed by atoms with E-state index in [9.17, 15) is 10.0 Å². The maximum absolute atomic E-state index is 13.1. The van der Waals surface area contributed by atoms with Crippen molar-refractivity contribution < 1.29 is 9.53 Å². The van der Waals surface area contributed by atoms with Crippen molar-refractivity contribution in [3.8, 4) is 0 Å². The van der Waals surface area contributed by atoms with Gasteiger partial charge in [0.15, 0.2) is 0 Å². The third kappa shape index (κ3) is 2.47. The Morgan fingerprint density at radius 2 is 2.10 bits per heavy atom. The summed E-state index contributed by atoms with van der Waals surface area (Å²) in [4.78, 5) is 14.4. The van der Waals surface area contributed by atoms with Gasteiger partial charge in [-0.05, 0) is 31.1 Å². The number of unbranched alkanes of at least 4 members (excludes halogenated alkanes) is 1. The van der Waals surface area contributed by atoms with E-state index >= 15 is 0 Å². The molecule has 0 aromatic carbocycles. The van der Waals surface area contributed by atoms with Gasteiger partial charge in [-0.2, -0.15) is 4.74 Å². The largest absolute Gasteiger partial charge is 0.622 e. The molecular formula is C17H30N2O2. The average molecular weight is 294 g/mol. The van der Waals surface area contributed by atoms with Crippen molar-refractivity contribution in [3.63, 3.8) is 0 Å². The minimum Gasteiger partial charge on any atom is -0.622 e. The molecule has 1 aliphatic carbocycles. The van der Waals surface area contributed by atoms with Crippen molar-refractivity contribution in [2.24, 2.45) is 17.8 Å². The monoisotopic (exact) mass is 294 g/mol. The van der Waals surface area contributed by atoms with Crippen LogP contribution in [0.25, 0.3) is 0 Å². The molecule has 3 unspecified atom stereocenters. The quantitative estimate of drug-likeness (QED) is 0.589. The van der Waals surface area contributed by atoms with Crippen LogP contribution in [-0.2, 0) is 4.79 Å². The number of carbonyl (C=O) groups excluding carboxylic acids is 1. The average Bonchev–Trinajstić information content (AvgIpc) is 2.60. The van der Waals surface area contributed by atoms with Gasteiger partial charge < -0.3 is 5.21 Å². The van der Waals surface area contributed by atoms with E-state index in [1.54, 1.807) is 4.90 Å². The Balaban J connectivity index is 2.45. The molecule has 3 atom stereocenters. The number of nitrogens with zero attached hydrogens (tertiary/aromatic N) is 2. The first kappa shape index (κ1) is 16.3. The van der Waals surface area contributed by atoms with Gasteiger partial charge in [0.1, 0.15) is 0 Å². The summed E-state index contributed by atoms with van der Waals surface area (Å²) in [6.45, 7) is 8.65. The Morgan fingerprint density at radius 3 is 2.67 bits per heavy atom. The molecule has 1 aliphatic heterocycles. The fourth-order valence-corrected chi connectivity index (χ4v) is 4.33. The van der Waals surface area contributed by atoms with E-state index in [4.69, 9.17) is 0 Å². The van der Waals surface area contributed by atoms with E-state index < -0.39 is 5.66 Å². The second-order valence-corrected chi connectivity index (χ2v) is 7.32. The third-order valence-corrected chi connectivity index (χ3v) is 5.51. The first-order valence-corrected chi connectivity index (χ1v) is 8.47. The summed E-state index contributed by atoms with van der Waals surface area (Å²) in [6.07, 6.45) is 5.53. The smallest absolute Gasteiger partial charge is 0.319 e. The Bertz CT molecular complexity index is 444. The second kappa shape index (κ2) is 5.98. The summed E-state index contributed by atoms with van der Waals surface area (Å²) in [5.41, 5.74) is -0.148. The van der Waals surface area contributed by atoms with Crippen molar-refractivity contribution in [3.05, 3.63) is 5.21 Å². The van der Waals surface area contributed by atoms with Crippen molar-refractivity contribution >= 4 is 11.6 Å². The number of amides is 1. The van der Waals surface area contributed by atoms with Gasteiger partial charge in [0.2, 0.25) is 0 Å². The lowest BCUT2D eigenvalue weighted by atomic mass is 9.69. The summed E-state index contributed by atoms with van der Waals surface area (Å²) >= 11 is 0. The van der Waals surface area contributed by atoms with Crippen LogP contribution in [-0.4, -0.2) is 34.0 Å². The molecule has 21 heavy (non-hydrogen) atoms. The van der Waals surface area contributed by atoms with E-state index in [-0.39, 0.29) is 11.8 Å². The van der Waals surface area contributed by atoms with Gasteiger partial charge >= 0.3 is 5.91 Å². The highest BCUT2D eigenvalue weighted by molar-refractivity contribution is 6.37. The summed E-state index contributed by atoms with van der Waals surface area (Å²) in [5, 5.41) is 13.1. The van der Waals surface area contributed by atoms with Crippen LogP contribution in [0.5, 0.6) is 0 Å². The molecule has 4 heteroatoms. The predicted molar refractivity (Wildman–Crippen MR) is 85.0 cm³/mol. The molecule has 120 valence electrons. The number of hydrogen-bond acceptors (Lipinski definition) is 2. The molecule has 1 fully saturated rings. The van der Waals surface area contributed by atoms with E-state index in [1.165, 1.54) is 0 Å². The Morgan fingerprint density at radius 1 is 1.43 bits per heavy atom. The fraction of sp³-hybridized carbons (Fsp3) is 0.882. The molecule has 1 amide bonds. The van der Waals surface area contributed by atoms with Gasteiger partial charge in [0.25, 0.3) is 11.4 Å². The van der Waals surface area contributed by atoms with E-state index in [2.05, 4.69) is 27.7 Å². The van der Waals surface area contributed by atoms with Gasteiger partial charge in [-0.1, -0.05) is 34.1 Å². The number of hydroxylamine groups is 1. The zero-order valence-corrected chi connectivity index (χ0v) is 14.2. The Labute approximate surface area is 128 Å². The molecule has 0 bridgehead atoms. The van der Waals surface area contributed by atoms with E-state index in [1.807, 2.05) is 7.05 Å². The number of rotatable bonds is 4. The molecule has 0 aromatic rings. The van der Waals surface area contributed by atoms with Crippen LogP contribution < -0.4 is 0 Å². The first-order valence-electron chi connectivity index (χ1n) is 8.47. The predicted octanol–water partition coefficient (Wildman–Crippen LogP) is 3.39. The zero-order valence-electron chi connectivity index (χ0n) is 14.2. The van der Waals surface area contributed by atoms with Crippen molar-refractivity contribution in [2.75, 3.05) is 7.05 Å². The maximum atomic E-state index is 13.1. The highest BCUT2D eigenvalue weighted by Gasteiger charge is 2.61. The molecule has 0 aromatic heterocycles. The maximum Gasteiger partial charge on any atom is 0.319 e. The summed E-state index contributed by atoms with van der Waals surface area (Å²) in [7, 11) is 1.83.